The predicted octanol–water partition coefficient (Wildman–Crippen LogP) is 2.87. The number of aromatic amines is 1. The maximum atomic E-state index is 12.1. The van der Waals surface area contributed by atoms with Gasteiger partial charge in [-0.05, 0) is 25.0 Å². The van der Waals surface area contributed by atoms with Crippen LogP contribution in [-0.2, 0) is 24.2 Å². The van der Waals surface area contributed by atoms with Gasteiger partial charge in [-0.25, -0.2) is 4.98 Å². The number of carbonyl (C=O) groups is 1. The number of aromatic nitrogens is 3. The van der Waals surface area contributed by atoms with Gasteiger partial charge in [-0.15, -0.1) is 0 Å². The summed E-state index contributed by atoms with van der Waals surface area (Å²) in [6.07, 6.45) is 0.857. The van der Waals surface area contributed by atoms with Gasteiger partial charge in [-0.2, -0.15) is 5.10 Å². The van der Waals surface area contributed by atoms with Crippen molar-refractivity contribution in [3.05, 3.63) is 82.4 Å². The fraction of sp³-hybridized carbons (Fsp3) is 0.250. The second-order valence-corrected chi connectivity index (χ2v) is 6.30. The molecule has 0 fully saturated rings. The molecule has 0 unspecified atom stereocenters. The van der Waals surface area contributed by atoms with Gasteiger partial charge in [0, 0.05) is 13.0 Å². The minimum atomic E-state index is -0.0818. The summed E-state index contributed by atoms with van der Waals surface area (Å²) in [7, 11) is 0. The molecule has 3 rings (SSSR count). The molecule has 0 bridgehead atoms. The van der Waals surface area contributed by atoms with E-state index in [0.717, 1.165) is 11.4 Å². The Bertz CT molecular complexity index is 852. The van der Waals surface area contributed by atoms with Gasteiger partial charge in [-0.1, -0.05) is 59.7 Å². The number of benzene rings is 2. The molecule has 5 nitrogen and oxygen atoms in total. The Morgan fingerprint density at radius 2 is 1.84 bits per heavy atom. The number of rotatable bonds is 6. The van der Waals surface area contributed by atoms with E-state index in [9.17, 15) is 4.79 Å². The molecule has 0 aliphatic heterocycles. The fourth-order valence-electron chi connectivity index (χ4n) is 2.62. The zero-order valence-corrected chi connectivity index (χ0v) is 14.5. The maximum Gasteiger partial charge on any atom is 0.228 e. The third-order valence-corrected chi connectivity index (χ3v) is 3.96. The first-order valence-corrected chi connectivity index (χ1v) is 8.36. The number of nitrogens with one attached hydrogen (secondary N) is 2. The van der Waals surface area contributed by atoms with Crippen LogP contribution in [-0.4, -0.2) is 21.1 Å². The van der Waals surface area contributed by atoms with Crippen LogP contribution in [0.2, 0.25) is 0 Å². The van der Waals surface area contributed by atoms with Crippen molar-refractivity contribution in [2.75, 3.05) is 0 Å². The molecule has 1 amide bonds. The third kappa shape index (κ3) is 5.01. The summed E-state index contributed by atoms with van der Waals surface area (Å²) >= 11 is 0. The van der Waals surface area contributed by atoms with Crippen molar-refractivity contribution in [3.8, 4) is 0 Å². The molecule has 25 heavy (non-hydrogen) atoms. The summed E-state index contributed by atoms with van der Waals surface area (Å²) in [4.78, 5) is 16.5. The number of H-pyrrole nitrogens is 1. The van der Waals surface area contributed by atoms with Gasteiger partial charge in [0.15, 0.2) is 5.82 Å². The van der Waals surface area contributed by atoms with E-state index in [1.165, 1.54) is 16.7 Å². The number of hydrogen-bond acceptors (Lipinski definition) is 3. The van der Waals surface area contributed by atoms with Crippen LogP contribution >= 0.6 is 0 Å². The van der Waals surface area contributed by atoms with Crippen LogP contribution in [0.25, 0.3) is 0 Å². The van der Waals surface area contributed by atoms with Crippen LogP contribution in [0.1, 0.15) is 33.9 Å². The molecule has 0 aliphatic carbocycles. The van der Waals surface area contributed by atoms with E-state index >= 15 is 0 Å². The average molecular weight is 334 g/mol. The number of amides is 1. The number of nitrogens with zero attached hydrogens (tertiary/aromatic N) is 2. The molecule has 2 N–H and O–H groups in total. The number of aryl methyl sites for hydroxylation is 2. The highest BCUT2D eigenvalue weighted by molar-refractivity contribution is 5.77. The van der Waals surface area contributed by atoms with Crippen molar-refractivity contribution in [2.45, 2.75) is 33.2 Å². The quantitative estimate of drug-likeness (QED) is 0.728. The first kappa shape index (κ1) is 16.9. The topological polar surface area (TPSA) is 70.7 Å². The summed E-state index contributed by atoms with van der Waals surface area (Å²) in [6.45, 7) is 4.62. The molecular formula is C20H22N4O. The summed E-state index contributed by atoms with van der Waals surface area (Å²) in [6, 6.07) is 16.4. The Morgan fingerprint density at radius 3 is 2.60 bits per heavy atom. The van der Waals surface area contributed by atoms with Gasteiger partial charge in [0.25, 0.3) is 0 Å². The van der Waals surface area contributed by atoms with Crippen molar-refractivity contribution >= 4 is 5.91 Å². The molecule has 2 aromatic carbocycles. The predicted molar refractivity (Wildman–Crippen MR) is 97.1 cm³/mol. The van der Waals surface area contributed by atoms with Crippen molar-refractivity contribution in [1.82, 2.24) is 20.5 Å². The lowest BCUT2D eigenvalue weighted by Crippen LogP contribution is -2.25. The van der Waals surface area contributed by atoms with Crippen molar-refractivity contribution in [3.63, 3.8) is 0 Å². The van der Waals surface area contributed by atoms with Crippen LogP contribution in [0.4, 0.5) is 0 Å². The number of hydrogen-bond donors (Lipinski definition) is 2. The second kappa shape index (κ2) is 7.75. The standard InChI is InChI=1S/C20H22N4O/c1-14-6-8-16(9-7-14)13-21-20(25)12-19-22-18(23-24-19)11-17-5-3-4-15(2)10-17/h3-10H,11-13H2,1-2H3,(H,21,25)(H,22,23,24). The lowest BCUT2D eigenvalue weighted by molar-refractivity contribution is -0.120. The van der Waals surface area contributed by atoms with Gasteiger partial charge in [0.05, 0.1) is 6.42 Å². The molecule has 0 radical (unpaired) electrons. The zero-order valence-electron chi connectivity index (χ0n) is 14.5. The molecule has 1 heterocycles. The smallest absolute Gasteiger partial charge is 0.228 e. The summed E-state index contributed by atoms with van der Waals surface area (Å²) < 4.78 is 0. The van der Waals surface area contributed by atoms with Gasteiger partial charge in [0.2, 0.25) is 5.91 Å². The van der Waals surface area contributed by atoms with Crippen LogP contribution in [0.5, 0.6) is 0 Å². The van der Waals surface area contributed by atoms with Crippen LogP contribution in [0, 0.1) is 13.8 Å². The van der Waals surface area contributed by atoms with E-state index < -0.39 is 0 Å². The highest BCUT2D eigenvalue weighted by atomic mass is 16.1. The Kier molecular flexibility index (Phi) is 5.23. The first-order valence-electron chi connectivity index (χ1n) is 8.36. The summed E-state index contributed by atoms with van der Waals surface area (Å²) in [5.41, 5.74) is 4.67. The molecular weight excluding hydrogens is 312 g/mol. The zero-order chi connectivity index (χ0) is 17.6. The van der Waals surface area contributed by atoms with E-state index in [-0.39, 0.29) is 12.3 Å². The van der Waals surface area contributed by atoms with E-state index in [1.807, 2.05) is 37.3 Å². The monoisotopic (exact) mass is 334 g/mol. The Hall–Kier alpha value is -2.95. The fourth-order valence-corrected chi connectivity index (χ4v) is 2.62. The largest absolute Gasteiger partial charge is 0.352 e. The van der Waals surface area contributed by atoms with Gasteiger partial charge in [0.1, 0.15) is 5.82 Å². The number of carbonyl (C=O) groups excluding carboxylic acids is 1. The van der Waals surface area contributed by atoms with Crippen molar-refractivity contribution in [2.24, 2.45) is 0 Å². The second-order valence-electron chi connectivity index (χ2n) is 6.30. The Balaban J connectivity index is 1.52. The molecule has 128 valence electrons. The maximum absolute atomic E-state index is 12.1. The van der Waals surface area contributed by atoms with Crippen LogP contribution in [0.3, 0.4) is 0 Å². The molecule has 0 saturated carbocycles. The minimum Gasteiger partial charge on any atom is -0.352 e. The Morgan fingerprint density at radius 1 is 1.04 bits per heavy atom. The van der Waals surface area contributed by atoms with E-state index in [0.29, 0.717) is 18.8 Å². The Labute approximate surface area is 147 Å². The molecule has 0 atom stereocenters. The molecule has 0 saturated heterocycles. The van der Waals surface area contributed by atoms with Gasteiger partial charge >= 0.3 is 0 Å². The van der Waals surface area contributed by atoms with Gasteiger partial charge < -0.3 is 5.32 Å². The minimum absolute atomic E-state index is 0.0818. The average Bonchev–Trinajstić information content (AvgIpc) is 3.01. The lowest BCUT2D eigenvalue weighted by Gasteiger charge is -2.04. The highest BCUT2D eigenvalue weighted by Gasteiger charge is 2.09. The van der Waals surface area contributed by atoms with E-state index in [4.69, 9.17) is 0 Å². The molecule has 1 aromatic heterocycles. The first-order chi connectivity index (χ1) is 12.1. The van der Waals surface area contributed by atoms with Crippen molar-refractivity contribution in [1.29, 1.82) is 0 Å². The molecule has 3 aromatic rings. The summed E-state index contributed by atoms with van der Waals surface area (Å²) in [5, 5.41) is 9.96. The lowest BCUT2D eigenvalue weighted by atomic mass is 10.1. The van der Waals surface area contributed by atoms with Crippen LogP contribution in [0.15, 0.2) is 48.5 Å². The van der Waals surface area contributed by atoms with Crippen LogP contribution < -0.4 is 5.32 Å². The van der Waals surface area contributed by atoms with Gasteiger partial charge in [-0.3, -0.25) is 9.89 Å². The molecule has 0 aliphatic rings. The molecule has 0 spiro atoms. The summed E-state index contributed by atoms with van der Waals surface area (Å²) in [5.74, 6) is 1.21. The normalized spacial score (nSPS) is 10.6. The van der Waals surface area contributed by atoms with E-state index in [1.54, 1.807) is 0 Å². The third-order valence-electron chi connectivity index (χ3n) is 3.96. The SMILES string of the molecule is Cc1ccc(CNC(=O)Cc2n[nH]c(Cc3cccc(C)c3)n2)cc1. The van der Waals surface area contributed by atoms with E-state index in [2.05, 4.69) is 45.6 Å². The van der Waals surface area contributed by atoms with Crippen molar-refractivity contribution < 1.29 is 4.79 Å². The molecule has 5 heteroatoms. The highest BCUT2D eigenvalue weighted by Crippen LogP contribution is 2.08.